The lowest BCUT2D eigenvalue weighted by atomic mass is 9.86. The second-order valence-electron chi connectivity index (χ2n) is 4.54. The van der Waals surface area contributed by atoms with Gasteiger partial charge in [0, 0.05) is 0 Å². The molecule has 16 heavy (non-hydrogen) atoms. The van der Waals surface area contributed by atoms with E-state index in [-0.39, 0.29) is 10.5 Å². The van der Waals surface area contributed by atoms with E-state index in [1.54, 1.807) is 0 Å². The molecule has 0 bridgehead atoms. The second-order valence-corrected chi connectivity index (χ2v) is 4.93. The van der Waals surface area contributed by atoms with E-state index in [1.807, 2.05) is 0 Å². The van der Waals surface area contributed by atoms with Crippen LogP contribution in [0.3, 0.4) is 0 Å². The van der Waals surface area contributed by atoms with Gasteiger partial charge in [0.05, 0.1) is 12.0 Å². The Morgan fingerprint density at radius 2 is 2.12 bits per heavy atom. The number of H-pyrrole nitrogens is 1. The van der Waals surface area contributed by atoms with Crippen molar-refractivity contribution in [3.8, 4) is 0 Å². The van der Waals surface area contributed by atoms with E-state index in [2.05, 4.69) is 9.97 Å². The van der Waals surface area contributed by atoms with Crippen molar-refractivity contribution in [1.29, 1.82) is 0 Å². The summed E-state index contributed by atoms with van der Waals surface area (Å²) in [5, 5.41) is 0. The molecule has 4 heteroatoms. The zero-order valence-corrected chi connectivity index (χ0v) is 10.2. The molecule has 1 aliphatic carbocycles. The number of nitrogens with zero attached hydrogens (tertiary/aromatic N) is 1. The quantitative estimate of drug-likeness (QED) is 0.814. The number of rotatable bonds is 3. The highest BCUT2D eigenvalue weighted by molar-refractivity contribution is 7.71. The number of aromatic amines is 1. The van der Waals surface area contributed by atoms with E-state index in [9.17, 15) is 4.39 Å². The molecule has 0 spiro atoms. The molecule has 2 rings (SSSR count). The molecule has 1 aromatic heterocycles. The van der Waals surface area contributed by atoms with Crippen LogP contribution in [-0.2, 0) is 6.42 Å². The molecule has 1 fully saturated rings. The largest absolute Gasteiger partial charge is 0.347 e. The SMILES string of the molecule is Fc1c(CCC2CCCCC2)[nH]cnc1=S. The van der Waals surface area contributed by atoms with Crippen LogP contribution in [0.5, 0.6) is 0 Å². The highest BCUT2D eigenvalue weighted by atomic mass is 32.1. The van der Waals surface area contributed by atoms with Crippen LogP contribution in [0.15, 0.2) is 6.33 Å². The van der Waals surface area contributed by atoms with E-state index >= 15 is 0 Å². The monoisotopic (exact) mass is 240 g/mol. The van der Waals surface area contributed by atoms with Gasteiger partial charge in [-0.25, -0.2) is 9.37 Å². The fourth-order valence-corrected chi connectivity index (χ4v) is 2.60. The van der Waals surface area contributed by atoms with Gasteiger partial charge >= 0.3 is 0 Å². The Morgan fingerprint density at radius 1 is 1.38 bits per heavy atom. The number of hydrogen-bond acceptors (Lipinski definition) is 2. The van der Waals surface area contributed by atoms with Crippen LogP contribution in [0.1, 0.15) is 44.2 Å². The summed E-state index contributed by atoms with van der Waals surface area (Å²) >= 11 is 4.81. The Morgan fingerprint density at radius 3 is 2.88 bits per heavy atom. The van der Waals surface area contributed by atoms with E-state index in [0.29, 0.717) is 5.69 Å². The minimum Gasteiger partial charge on any atom is -0.347 e. The van der Waals surface area contributed by atoms with Gasteiger partial charge in [-0.2, -0.15) is 0 Å². The summed E-state index contributed by atoms with van der Waals surface area (Å²) in [6.45, 7) is 0. The Labute approximate surface area is 100 Å². The van der Waals surface area contributed by atoms with Gasteiger partial charge in [0.1, 0.15) is 0 Å². The van der Waals surface area contributed by atoms with Crippen molar-refractivity contribution in [2.45, 2.75) is 44.9 Å². The van der Waals surface area contributed by atoms with Crippen molar-refractivity contribution in [3.05, 3.63) is 22.5 Å². The van der Waals surface area contributed by atoms with Crippen LogP contribution >= 0.6 is 12.2 Å². The zero-order valence-electron chi connectivity index (χ0n) is 9.34. The molecule has 1 aromatic rings. The molecule has 0 aliphatic heterocycles. The molecule has 0 radical (unpaired) electrons. The van der Waals surface area contributed by atoms with Gasteiger partial charge in [-0.3, -0.25) is 0 Å². The Bertz CT molecular complexity index is 396. The van der Waals surface area contributed by atoms with Gasteiger partial charge in [0.15, 0.2) is 10.5 Å². The van der Waals surface area contributed by atoms with E-state index in [1.165, 1.54) is 38.4 Å². The Kier molecular flexibility index (Phi) is 4.04. The molecule has 1 aliphatic rings. The first-order valence-electron chi connectivity index (χ1n) is 5.99. The normalized spacial score (nSPS) is 17.6. The molecule has 0 atom stereocenters. The predicted octanol–water partition coefficient (Wildman–Crippen LogP) is 3.79. The minimum absolute atomic E-state index is 0.0809. The van der Waals surface area contributed by atoms with Crippen molar-refractivity contribution < 1.29 is 4.39 Å². The van der Waals surface area contributed by atoms with Gasteiger partial charge in [-0.15, -0.1) is 0 Å². The van der Waals surface area contributed by atoms with Crippen LogP contribution in [0, 0.1) is 16.4 Å². The average Bonchev–Trinajstić information content (AvgIpc) is 2.32. The molecule has 88 valence electrons. The lowest BCUT2D eigenvalue weighted by Gasteiger charge is -2.21. The van der Waals surface area contributed by atoms with Crippen LogP contribution in [0.4, 0.5) is 4.39 Å². The van der Waals surface area contributed by atoms with Crippen molar-refractivity contribution >= 4 is 12.2 Å². The summed E-state index contributed by atoms with van der Waals surface area (Å²) in [5.74, 6) is 0.427. The average molecular weight is 240 g/mol. The standard InChI is InChI=1S/C12H17FN2S/c13-11-10(14-8-15-12(11)16)7-6-9-4-2-1-3-5-9/h8-9H,1-7H2,(H,14,15,16). The highest BCUT2D eigenvalue weighted by Crippen LogP contribution is 2.27. The Hall–Kier alpha value is -0.770. The third kappa shape index (κ3) is 2.88. The van der Waals surface area contributed by atoms with Gasteiger partial charge in [0.25, 0.3) is 0 Å². The first-order chi connectivity index (χ1) is 7.77. The molecular weight excluding hydrogens is 223 g/mol. The van der Waals surface area contributed by atoms with Crippen molar-refractivity contribution in [2.24, 2.45) is 5.92 Å². The molecular formula is C12H17FN2S. The third-order valence-corrected chi connectivity index (χ3v) is 3.69. The molecule has 0 amide bonds. The van der Waals surface area contributed by atoms with Crippen LogP contribution in [-0.4, -0.2) is 9.97 Å². The topological polar surface area (TPSA) is 28.7 Å². The minimum atomic E-state index is -0.340. The van der Waals surface area contributed by atoms with Crippen molar-refractivity contribution in [1.82, 2.24) is 9.97 Å². The van der Waals surface area contributed by atoms with Crippen molar-refractivity contribution in [3.63, 3.8) is 0 Å². The maximum absolute atomic E-state index is 13.6. The Balaban J connectivity index is 1.93. The molecule has 0 saturated heterocycles. The first-order valence-corrected chi connectivity index (χ1v) is 6.40. The summed E-state index contributed by atoms with van der Waals surface area (Å²) in [5.41, 5.74) is 0.616. The number of aryl methyl sites for hydroxylation is 1. The predicted molar refractivity (Wildman–Crippen MR) is 64.3 cm³/mol. The van der Waals surface area contributed by atoms with Gasteiger partial charge < -0.3 is 4.98 Å². The molecule has 2 nitrogen and oxygen atoms in total. The second kappa shape index (κ2) is 5.53. The fraction of sp³-hybridized carbons (Fsp3) is 0.667. The summed E-state index contributed by atoms with van der Waals surface area (Å²) in [4.78, 5) is 6.58. The van der Waals surface area contributed by atoms with Crippen LogP contribution < -0.4 is 0 Å². The number of nitrogens with one attached hydrogen (secondary N) is 1. The first kappa shape index (κ1) is 11.7. The summed E-state index contributed by atoms with van der Waals surface area (Å²) in [6.07, 6.45) is 9.93. The number of halogens is 1. The lowest BCUT2D eigenvalue weighted by molar-refractivity contribution is 0.336. The zero-order chi connectivity index (χ0) is 11.4. The maximum Gasteiger partial charge on any atom is 0.179 e. The molecule has 1 saturated carbocycles. The third-order valence-electron chi connectivity index (χ3n) is 3.40. The van der Waals surface area contributed by atoms with Gasteiger partial charge in [-0.05, 0) is 18.8 Å². The lowest BCUT2D eigenvalue weighted by Crippen LogP contribution is -2.08. The van der Waals surface area contributed by atoms with Crippen LogP contribution in [0.2, 0.25) is 0 Å². The highest BCUT2D eigenvalue weighted by Gasteiger charge is 2.14. The maximum atomic E-state index is 13.6. The summed E-state index contributed by atoms with van der Waals surface area (Å²) < 4.78 is 13.6. The van der Waals surface area contributed by atoms with Crippen LogP contribution in [0.25, 0.3) is 0 Å². The van der Waals surface area contributed by atoms with E-state index < -0.39 is 0 Å². The number of aromatic nitrogens is 2. The van der Waals surface area contributed by atoms with Gasteiger partial charge in [-0.1, -0.05) is 44.3 Å². The fourth-order valence-electron chi connectivity index (χ4n) is 2.42. The molecule has 0 aromatic carbocycles. The summed E-state index contributed by atoms with van der Waals surface area (Å²) in [7, 11) is 0. The van der Waals surface area contributed by atoms with Gasteiger partial charge in [0.2, 0.25) is 0 Å². The smallest absolute Gasteiger partial charge is 0.179 e. The molecule has 1 N–H and O–H groups in total. The summed E-state index contributed by atoms with van der Waals surface area (Å²) in [6, 6.07) is 0. The molecule has 1 heterocycles. The number of hydrogen-bond donors (Lipinski definition) is 1. The van der Waals surface area contributed by atoms with Crippen molar-refractivity contribution in [2.75, 3.05) is 0 Å². The van der Waals surface area contributed by atoms with E-state index in [4.69, 9.17) is 12.2 Å². The molecule has 0 unspecified atom stereocenters. The van der Waals surface area contributed by atoms with E-state index in [0.717, 1.165) is 18.8 Å².